The molecule has 1 heterocycles. The second kappa shape index (κ2) is 12.8. The molecule has 0 saturated heterocycles. The molecule has 0 spiro atoms. The molecule has 0 aliphatic carbocycles. The van der Waals surface area contributed by atoms with Crippen LogP contribution >= 0.6 is 0 Å². The number of nitrogen functional groups attached to an aromatic ring is 1. The fourth-order valence-electron chi connectivity index (χ4n) is 4.44. The molecule has 0 fully saturated rings. The summed E-state index contributed by atoms with van der Waals surface area (Å²) in [5.74, 6) is 1.92. The molecule has 1 aromatic heterocycles. The molecule has 9 heteroatoms. The molecule has 0 radical (unpaired) electrons. The Morgan fingerprint density at radius 2 is 1.74 bits per heavy atom. The van der Waals surface area contributed by atoms with Crippen LogP contribution in [0.3, 0.4) is 0 Å². The zero-order valence-corrected chi connectivity index (χ0v) is 22.7. The van der Waals surface area contributed by atoms with Crippen molar-refractivity contribution in [2.45, 2.75) is 66.3 Å². The van der Waals surface area contributed by atoms with Crippen LogP contribution in [0.15, 0.2) is 48.5 Å². The van der Waals surface area contributed by atoms with Gasteiger partial charge in [0.25, 0.3) is 0 Å². The van der Waals surface area contributed by atoms with E-state index in [4.69, 9.17) is 15.6 Å². The Bertz CT molecular complexity index is 1230. The van der Waals surface area contributed by atoms with Crippen LogP contribution in [-0.2, 0) is 6.54 Å². The lowest BCUT2D eigenvalue weighted by Gasteiger charge is -2.28. The third-order valence-corrected chi connectivity index (χ3v) is 6.25. The minimum atomic E-state index is -4.72. The highest BCUT2D eigenvalue weighted by Crippen LogP contribution is 2.36. The van der Waals surface area contributed by atoms with Crippen molar-refractivity contribution >= 4 is 11.6 Å². The number of alkyl halides is 3. The maximum Gasteiger partial charge on any atom is 0.573 e. The average Bonchev–Trinajstić information content (AvgIpc) is 3.15. The van der Waals surface area contributed by atoms with Crippen molar-refractivity contribution in [3.8, 4) is 22.6 Å². The summed E-state index contributed by atoms with van der Waals surface area (Å²) in [4.78, 5) is 2.17. The minimum Gasteiger partial charge on any atom is -0.497 e. The van der Waals surface area contributed by atoms with Crippen LogP contribution in [0.1, 0.15) is 56.4 Å². The van der Waals surface area contributed by atoms with Crippen LogP contribution in [0.5, 0.6) is 11.5 Å². The van der Waals surface area contributed by atoms with Crippen molar-refractivity contribution in [1.29, 1.82) is 0 Å². The molecule has 0 amide bonds. The third-order valence-electron chi connectivity index (χ3n) is 6.25. The van der Waals surface area contributed by atoms with Crippen LogP contribution in [0.25, 0.3) is 16.9 Å². The molecule has 0 atom stereocenters. The maximum absolute atomic E-state index is 12.6. The number of rotatable bonds is 12. The Morgan fingerprint density at radius 3 is 2.32 bits per heavy atom. The van der Waals surface area contributed by atoms with E-state index in [-0.39, 0.29) is 5.75 Å². The van der Waals surface area contributed by atoms with Crippen LogP contribution in [-0.4, -0.2) is 34.7 Å². The molecular weight excluding hydrogens is 493 g/mol. The van der Waals surface area contributed by atoms with E-state index in [1.807, 2.05) is 32.0 Å². The molecule has 6 nitrogen and oxygen atoms in total. The molecule has 38 heavy (non-hydrogen) atoms. The highest BCUT2D eigenvalue weighted by atomic mass is 19.4. The molecule has 0 aliphatic rings. The number of benzene rings is 2. The molecule has 2 N–H and O–H groups in total. The van der Waals surface area contributed by atoms with E-state index in [0.29, 0.717) is 18.9 Å². The minimum absolute atomic E-state index is 0.242. The van der Waals surface area contributed by atoms with E-state index >= 15 is 0 Å². The van der Waals surface area contributed by atoms with Gasteiger partial charge in [0, 0.05) is 18.7 Å². The number of aryl methyl sites for hydroxylation is 2. The topological polar surface area (TPSA) is 65.5 Å². The van der Waals surface area contributed by atoms with Crippen LogP contribution in [0.4, 0.5) is 19.0 Å². The largest absolute Gasteiger partial charge is 0.573 e. The Kier molecular flexibility index (Phi) is 9.72. The standard InChI is InChI=1S/C29H37F3N4O2/c1-6-8-9-10-26(35(17-7-2)19-22-11-13-23(14-12-22)38-29(30,31)32)36-28(33)27(21(4)34-36)25-16-15-24(37-5)18-20(25)3/h10-16,18H,6-9,17,19,33H2,1-5H3/b26-10+. The number of unbranched alkanes of at least 4 members (excludes halogenated alkanes) is 2. The van der Waals surface area contributed by atoms with Gasteiger partial charge in [0.1, 0.15) is 23.1 Å². The summed E-state index contributed by atoms with van der Waals surface area (Å²) < 4.78 is 48.9. The number of nitrogens with zero attached hydrogens (tertiary/aromatic N) is 3. The number of methoxy groups -OCH3 is 1. The fraction of sp³-hybridized carbons (Fsp3) is 0.414. The molecule has 0 saturated carbocycles. The zero-order valence-electron chi connectivity index (χ0n) is 22.7. The Balaban J connectivity index is 2.01. The normalized spacial score (nSPS) is 12.1. The Labute approximate surface area is 222 Å². The number of hydrogen-bond donors (Lipinski definition) is 1. The Morgan fingerprint density at radius 1 is 1.05 bits per heavy atom. The van der Waals surface area contributed by atoms with Gasteiger partial charge in [-0.05, 0) is 80.1 Å². The van der Waals surface area contributed by atoms with Crippen LogP contribution in [0, 0.1) is 13.8 Å². The fourth-order valence-corrected chi connectivity index (χ4v) is 4.44. The van der Waals surface area contributed by atoms with Crippen molar-refractivity contribution in [3.63, 3.8) is 0 Å². The van der Waals surface area contributed by atoms with E-state index < -0.39 is 6.36 Å². The van der Waals surface area contributed by atoms with Gasteiger partial charge in [0.2, 0.25) is 0 Å². The highest BCUT2D eigenvalue weighted by molar-refractivity contribution is 5.81. The molecule has 2 aromatic carbocycles. The van der Waals surface area contributed by atoms with E-state index in [9.17, 15) is 13.2 Å². The first kappa shape index (κ1) is 28.9. The molecule has 0 bridgehead atoms. The summed E-state index contributed by atoms with van der Waals surface area (Å²) in [6.07, 6.45) is 1.19. The first-order valence-corrected chi connectivity index (χ1v) is 12.9. The molecule has 3 aromatic rings. The number of nitrogens with two attached hydrogens (primary N) is 1. The SMILES string of the molecule is CCCC/C=C(\N(CCC)Cc1ccc(OC(F)(F)F)cc1)n1nc(C)c(-c2ccc(OC)cc2C)c1N. The van der Waals surface area contributed by atoms with Gasteiger partial charge in [-0.25, -0.2) is 4.68 Å². The van der Waals surface area contributed by atoms with Gasteiger partial charge in [-0.2, -0.15) is 5.10 Å². The van der Waals surface area contributed by atoms with Crippen molar-refractivity contribution in [2.75, 3.05) is 19.4 Å². The van der Waals surface area contributed by atoms with Gasteiger partial charge in [-0.15, -0.1) is 13.2 Å². The smallest absolute Gasteiger partial charge is 0.497 e. The lowest BCUT2D eigenvalue weighted by atomic mass is 10.0. The van der Waals surface area contributed by atoms with Crippen molar-refractivity contribution in [3.05, 3.63) is 65.4 Å². The summed E-state index contributed by atoms with van der Waals surface area (Å²) in [6, 6.07) is 11.8. The summed E-state index contributed by atoms with van der Waals surface area (Å²) in [5, 5.41) is 4.85. The zero-order chi connectivity index (χ0) is 27.9. The van der Waals surface area contributed by atoms with E-state index in [1.165, 1.54) is 12.1 Å². The second-order valence-electron chi connectivity index (χ2n) is 9.26. The van der Waals surface area contributed by atoms with E-state index in [1.54, 1.807) is 23.9 Å². The molecular formula is C29H37F3N4O2. The van der Waals surface area contributed by atoms with Crippen LogP contribution in [0.2, 0.25) is 0 Å². The summed E-state index contributed by atoms with van der Waals surface area (Å²) >= 11 is 0. The predicted molar refractivity (Wildman–Crippen MR) is 146 cm³/mol. The monoisotopic (exact) mass is 530 g/mol. The van der Waals surface area contributed by atoms with Crippen molar-refractivity contribution < 1.29 is 22.6 Å². The van der Waals surface area contributed by atoms with Gasteiger partial charge >= 0.3 is 6.36 Å². The quantitative estimate of drug-likeness (QED) is 0.245. The number of aromatic nitrogens is 2. The lowest BCUT2D eigenvalue weighted by Crippen LogP contribution is -2.27. The van der Waals surface area contributed by atoms with Gasteiger partial charge in [0.05, 0.1) is 12.8 Å². The number of allylic oxidation sites excluding steroid dienone is 1. The third kappa shape index (κ3) is 7.24. The van der Waals surface area contributed by atoms with E-state index in [2.05, 4.69) is 29.6 Å². The summed E-state index contributed by atoms with van der Waals surface area (Å²) in [5.41, 5.74) is 11.3. The first-order valence-electron chi connectivity index (χ1n) is 12.9. The lowest BCUT2D eigenvalue weighted by molar-refractivity contribution is -0.274. The second-order valence-corrected chi connectivity index (χ2v) is 9.26. The Hall–Kier alpha value is -3.62. The van der Waals surface area contributed by atoms with E-state index in [0.717, 1.165) is 65.2 Å². The van der Waals surface area contributed by atoms with Gasteiger partial charge < -0.3 is 20.1 Å². The highest BCUT2D eigenvalue weighted by Gasteiger charge is 2.31. The van der Waals surface area contributed by atoms with Gasteiger partial charge in [-0.3, -0.25) is 0 Å². The predicted octanol–water partition coefficient (Wildman–Crippen LogP) is 7.56. The number of halogens is 3. The first-order chi connectivity index (χ1) is 18.1. The van der Waals surface area contributed by atoms with Crippen molar-refractivity contribution in [1.82, 2.24) is 14.7 Å². The van der Waals surface area contributed by atoms with Crippen LogP contribution < -0.4 is 15.2 Å². The number of ether oxygens (including phenoxy) is 2. The van der Waals surface area contributed by atoms with Gasteiger partial charge in [0.15, 0.2) is 0 Å². The molecule has 0 aliphatic heterocycles. The number of hydrogen-bond acceptors (Lipinski definition) is 5. The average molecular weight is 531 g/mol. The van der Waals surface area contributed by atoms with Crippen molar-refractivity contribution in [2.24, 2.45) is 0 Å². The van der Waals surface area contributed by atoms with Gasteiger partial charge in [-0.1, -0.05) is 38.5 Å². The summed E-state index contributed by atoms with van der Waals surface area (Å²) in [7, 11) is 1.64. The summed E-state index contributed by atoms with van der Waals surface area (Å²) in [6.45, 7) is 9.38. The molecule has 206 valence electrons. The molecule has 3 rings (SSSR count). The maximum atomic E-state index is 12.6. The molecule has 0 unspecified atom stereocenters. The number of anilines is 1.